The van der Waals surface area contributed by atoms with Crippen LogP contribution < -0.4 is 5.32 Å². The molecule has 0 spiro atoms. The summed E-state index contributed by atoms with van der Waals surface area (Å²) in [5, 5.41) is 4.58. The molecule has 0 saturated carbocycles. The number of nitrogens with zero attached hydrogens (tertiary/aromatic N) is 3. The number of nitrogens with one attached hydrogen (secondary N) is 1. The van der Waals surface area contributed by atoms with E-state index in [-0.39, 0.29) is 0 Å². The normalized spacial score (nSPS) is 15.6. The number of anilines is 2. The molecule has 130 valence electrons. The fourth-order valence-electron chi connectivity index (χ4n) is 3.12. The van der Waals surface area contributed by atoms with Gasteiger partial charge in [0.25, 0.3) is 0 Å². The number of fused-ring (bicyclic) bond motifs is 1. The summed E-state index contributed by atoms with van der Waals surface area (Å²) in [5.74, 6) is 0.882. The highest BCUT2D eigenvalue weighted by Crippen LogP contribution is 2.33. The van der Waals surface area contributed by atoms with Gasteiger partial charge in [0, 0.05) is 30.2 Å². The molecule has 4 rings (SSSR count). The first-order valence-corrected chi connectivity index (χ1v) is 9.39. The van der Waals surface area contributed by atoms with E-state index in [1.807, 2.05) is 0 Å². The van der Waals surface area contributed by atoms with Crippen LogP contribution in [0.5, 0.6) is 0 Å². The van der Waals surface area contributed by atoms with Crippen LogP contribution in [0.3, 0.4) is 0 Å². The van der Waals surface area contributed by atoms with Gasteiger partial charge in [-0.2, -0.15) is 0 Å². The Morgan fingerprint density at radius 1 is 1.12 bits per heavy atom. The second kappa shape index (κ2) is 7.07. The van der Waals surface area contributed by atoms with Gasteiger partial charge in [-0.3, -0.25) is 4.90 Å². The molecule has 0 aliphatic carbocycles. The minimum absolute atomic E-state index is 0.836. The summed E-state index contributed by atoms with van der Waals surface area (Å²) in [6, 6.07) is 8.61. The molecule has 5 nitrogen and oxygen atoms in total. The van der Waals surface area contributed by atoms with Crippen LogP contribution >= 0.6 is 11.3 Å². The van der Waals surface area contributed by atoms with E-state index >= 15 is 0 Å². The molecular formula is C19H22N4OS. The van der Waals surface area contributed by atoms with Gasteiger partial charge in [0.15, 0.2) is 0 Å². The summed E-state index contributed by atoms with van der Waals surface area (Å²) >= 11 is 1.72. The van der Waals surface area contributed by atoms with Gasteiger partial charge in [-0.1, -0.05) is 12.1 Å². The summed E-state index contributed by atoms with van der Waals surface area (Å²) in [6.07, 6.45) is 1.63. The third-order valence-electron chi connectivity index (χ3n) is 4.69. The zero-order chi connectivity index (χ0) is 17.2. The van der Waals surface area contributed by atoms with Gasteiger partial charge in [0.05, 0.1) is 18.6 Å². The Kier molecular flexibility index (Phi) is 4.65. The van der Waals surface area contributed by atoms with Gasteiger partial charge in [-0.25, -0.2) is 9.97 Å². The zero-order valence-electron chi connectivity index (χ0n) is 14.6. The summed E-state index contributed by atoms with van der Waals surface area (Å²) in [7, 11) is 0. The summed E-state index contributed by atoms with van der Waals surface area (Å²) in [4.78, 5) is 13.6. The van der Waals surface area contributed by atoms with Gasteiger partial charge in [0.2, 0.25) is 0 Å². The van der Waals surface area contributed by atoms with Crippen molar-refractivity contribution in [3.05, 3.63) is 46.6 Å². The fraction of sp³-hybridized carbons (Fsp3) is 0.368. The Labute approximate surface area is 151 Å². The molecule has 25 heavy (non-hydrogen) atoms. The fourth-order valence-corrected chi connectivity index (χ4v) is 4.12. The lowest BCUT2D eigenvalue weighted by atomic mass is 10.1. The van der Waals surface area contributed by atoms with Crippen molar-refractivity contribution < 1.29 is 4.74 Å². The molecule has 0 amide bonds. The van der Waals surface area contributed by atoms with Crippen LogP contribution in [0.2, 0.25) is 0 Å². The molecule has 1 saturated heterocycles. The Bertz CT molecular complexity index is 869. The second-order valence-electron chi connectivity index (χ2n) is 6.40. The number of ether oxygens (including phenoxy) is 1. The number of rotatable bonds is 4. The minimum Gasteiger partial charge on any atom is -0.379 e. The van der Waals surface area contributed by atoms with Gasteiger partial charge in [-0.15, -0.1) is 11.3 Å². The van der Waals surface area contributed by atoms with Gasteiger partial charge in [0.1, 0.15) is 17.0 Å². The monoisotopic (exact) mass is 354 g/mol. The van der Waals surface area contributed by atoms with Crippen molar-refractivity contribution in [2.45, 2.75) is 20.4 Å². The van der Waals surface area contributed by atoms with Crippen LogP contribution in [0.1, 0.15) is 16.0 Å². The van der Waals surface area contributed by atoms with Crippen molar-refractivity contribution in [2.75, 3.05) is 31.6 Å². The van der Waals surface area contributed by atoms with E-state index < -0.39 is 0 Å². The third kappa shape index (κ3) is 3.51. The molecule has 6 heteroatoms. The lowest BCUT2D eigenvalue weighted by Crippen LogP contribution is -2.35. The molecule has 2 aromatic heterocycles. The van der Waals surface area contributed by atoms with Crippen LogP contribution in [0, 0.1) is 13.8 Å². The number of aromatic nitrogens is 2. The highest BCUT2D eigenvalue weighted by molar-refractivity contribution is 7.18. The van der Waals surface area contributed by atoms with Crippen LogP contribution in [-0.2, 0) is 11.3 Å². The van der Waals surface area contributed by atoms with Crippen molar-refractivity contribution in [2.24, 2.45) is 0 Å². The number of hydrogen-bond acceptors (Lipinski definition) is 6. The number of thiophene rings is 1. The van der Waals surface area contributed by atoms with Crippen LogP contribution in [0.25, 0.3) is 10.2 Å². The van der Waals surface area contributed by atoms with Crippen LogP contribution in [0.4, 0.5) is 11.5 Å². The first-order valence-electron chi connectivity index (χ1n) is 8.57. The van der Waals surface area contributed by atoms with Crippen molar-refractivity contribution in [1.82, 2.24) is 14.9 Å². The zero-order valence-corrected chi connectivity index (χ0v) is 15.4. The smallest absolute Gasteiger partial charge is 0.142 e. The predicted molar refractivity (Wildman–Crippen MR) is 103 cm³/mol. The van der Waals surface area contributed by atoms with E-state index in [1.165, 1.54) is 16.0 Å². The van der Waals surface area contributed by atoms with E-state index in [4.69, 9.17) is 4.74 Å². The Morgan fingerprint density at radius 3 is 2.64 bits per heavy atom. The number of hydrogen-bond donors (Lipinski definition) is 1. The Morgan fingerprint density at radius 2 is 1.88 bits per heavy atom. The second-order valence-corrected chi connectivity index (χ2v) is 7.60. The largest absolute Gasteiger partial charge is 0.379 e. The van der Waals surface area contributed by atoms with Crippen molar-refractivity contribution >= 4 is 33.1 Å². The lowest BCUT2D eigenvalue weighted by Gasteiger charge is -2.26. The van der Waals surface area contributed by atoms with Crippen molar-refractivity contribution in [3.8, 4) is 0 Å². The van der Waals surface area contributed by atoms with Crippen molar-refractivity contribution in [1.29, 1.82) is 0 Å². The van der Waals surface area contributed by atoms with Gasteiger partial charge < -0.3 is 10.1 Å². The van der Waals surface area contributed by atoms with Crippen molar-refractivity contribution in [3.63, 3.8) is 0 Å². The minimum atomic E-state index is 0.836. The molecule has 1 aliphatic rings. The molecule has 1 fully saturated rings. The number of morpholine rings is 1. The predicted octanol–water partition coefficient (Wildman–Crippen LogP) is 3.88. The molecule has 0 radical (unpaired) electrons. The maximum atomic E-state index is 5.41. The van der Waals surface area contributed by atoms with Gasteiger partial charge >= 0.3 is 0 Å². The highest BCUT2D eigenvalue weighted by Gasteiger charge is 2.13. The average molecular weight is 354 g/mol. The standard InChI is InChI=1S/C19H22N4OS/c1-13-14(2)25-19-17(13)18(20-12-21-19)22-16-5-3-15(4-6-16)11-23-7-9-24-10-8-23/h3-6,12H,7-11H2,1-2H3,(H,20,21,22). The Hall–Kier alpha value is -2.02. The van der Waals surface area contributed by atoms with E-state index in [9.17, 15) is 0 Å². The molecule has 1 N–H and O–H groups in total. The first kappa shape index (κ1) is 16.4. The maximum absolute atomic E-state index is 5.41. The third-order valence-corrected chi connectivity index (χ3v) is 5.81. The molecule has 0 unspecified atom stereocenters. The number of benzene rings is 1. The average Bonchev–Trinajstić information content (AvgIpc) is 2.93. The lowest BCUT2D eigenvalue weighted by molar-refractivity contribution is 0.0342. The first-order chi connectivity index (χ1) is 12.2. The molecular weight excluding hydrogens is 332 g/mol. The number of aryl methyl sites for hydroxylation is 2. The van der Waals surface area contributed by atoms with E-state index in [0.29, 0.717) is 0 Å². The van der Waals surface area contributed by atoms with Crippen LogP contribution in [-0.4, -0.2) is 41.2 Å². The van der Waals surface area contributed by atoms with E-state index in [2.05, 4.69) is 58.3 Å². The maximum Gasteiger partial charge on any atom is 0.142 e. The topological polar surface area (TPSA) is 50.3 Å². The molecule has 1 aromatic carbocycles. The molecule has 0 bridgehead atoms. The Balaban J connectivity index is 1.51. The molecule has 3 aromatic rings. The quantitative estimate of drug-likeness (QED) is 0.770. The van der Waals surface area contributed by atoms with Gasteiger partial charge in [-0.05, 0) is 37.1 Å². The highest BCUT2D eigenvalue weighted by atomic mass is 32.1. The van der Waals surface area contributed by atoms with E-state index in [0.717, 1.165) is 54.6 Å². The summed E-state index contributed by atoms with van der Waals surface area (Å²) < 4.78 is 5.41. The summed E-state index contributed by atoms with van der Waals surface area (Å²) in [6.45, 7) is 8.93. The van der Waals surface area contributed by atoms with Crippen LogP contribution in [0.15, 0.2) is 30.6 Å². The SMILES string of the molecule is Cc1sc2ncnc(Nc3ccc(CN4CCOCC4)cc3)c2c1C. The molecule has 0 atom stereocenters. The van der Waals surface area contributed by atoms with E-state index in [1.54, 1.807) is 17.7 Å². The molecule has 3 heterocycles. The summed E-state index contributed by atoms with van der Waals surface area (Å²) in [5.41, 5.74) is 3.63. The molecule has 1 aliphatic heterocycles.